The lowest BCUT2D eigenvalue weighted by Crippen LogP contribution is -2.42. The number of hydrogen-bond acceptors (Lipinski definition) is 6. The Bertz CT molecular complexity index is 821. The molecule has 0 radical (unpaired) electrons. The minimum atomic E-state index is -0.872. The number of halogens is 1. The van der Waals surface area contributed by atoms with Crippen molar-refractivity contribution in [2.75, 3.05) is 12.4 Å². The zero-order valence-electron chi connectivity index (χ0n) is 13.7. The Morgan fingerprint density at radius 3 is 2.76 bits per heavy atom. The average molecular weight is 377 g/mol. The van der Waals surface area contributed by atoms with Crippen LogP contribution >= 0.6 is 23.4 Å². The van der Waals surface area contributed by atoms with Gasteiger partial charge in [-0.1, -0.05) is 35.5 Å². The lowest BCUT2D eigenvalue weighted by Gasteiger charge is -2.33. The lowest BCUT2D eigenvalue weighted by molar-refractivity contribution is -0.113. The van der Waals surface area contributed by atoms with Crippen LogP contribution < -0.4 is 21.1 Å². The van der Waals surface area contributed by atoms with Crippen molar-refractivity contribution >= 4 is 35.0 Å². The molecule has 2 aromatic rings. The summed E-state index contributed by atoms with van der Waals surface area (Å²) in [5.41, 5.74) is 7.98. The van der Waals surface area contributed by atoms with Crippen molar-refractivity contribution in [2.45, 2.75) is 11.9 Å². The quantitative estimate of drug-likeness (QED) is 0.743. The topological polar surface area (TPSA) is 89.3 Å². The first-order valence-electron chi connectivity index (χ1n) is 7.45. The number of hydrogen-bond donors (Lipinski definition) is 3. The summed E-state index contributed by atoms with van der Waals surface area (Å²) in [5.74, 6) is 0.00949. The number of methoxy groups -OCH3 is 1. The summed E-state index contributed by atoms with van der Waals surface area (Å²) in [6, 6.07) is 9.24. The molecule has 2 heterocycles. The van der Waals surface area contributed by atoms with Crippen molar-refractivity contribution < 1.29 is 9.53 Å². The first kappa shape index (κ1) is 17.4. The zero-order chi connectivity index (χ0) is 18.0. The normalized spacial score (nSPS) is 19.1. The lowest BCUT2D eigenvalue weighted by atomic mass is 10.1. The highest BCUT2D eigenvalue weighted by Gasteiger charge is 2.41. The molecule has 1 atom stereocenters. The van der Waals surface area contributed by atoms with Gasteiger partial charge in [-0.2, -0.15) is 0 Å². The first-order valence-corrected chi connectivity index (χ1v) is 8.65. The number of aryl methyl sites for hydroxylation is 1. The van der Waals surface area contributed by atoms with Gasteiger partial charge in [0.05, 0.1) is 23.9 Å². The molecule has 1 aromatic carbocycles. The summed E-state index contributed by atoms with van der Waals surface area (Å²) in [6.45, 7) is 1.96. The predicted molar refractivity (Wildman–Crippen MR) is 100 cm³/mol. The summed E-state index contributed by atoms with van der Waals surface area (Å²) in [7, 11) is 1.56. The predicted octanol–water partition coefficient (Wildman–Crippen LogP) is 2.94. The van der Waals surface area contributed by atoms with Crippen molar-refractivity contribution in [1.29, 1.82) is 0 Å². The summed E-state index contributed by atoms with van der Waals surface area (Å²) < 4.78 is 5.08. The fraction of sp³-hybridized carbons (Fsp3) is 0.176. The molecule has 1 aliphatic rings. The number of pyridine rings is 1. The third-order valence-electron chi connectivity index (χ3n) is 3.75. The molecule has 1 unspecified atom stereocenters. The number of aromatic nitrogens is 1. The van der Waals surface area contributed by atoms with E-state index in [1.165, 1.54) is 11.8 Å². The standard InChI is InChI=1S/C17H17ClN4O2S/c1-10-4-3-5-12(18)15(10)17(21-9-13(25-17)16(19)23)22-11-6-7-14(24-2)20-8-11/h3-9,21-22H,1-2H3,(H2,19,23). The molecule has 0 saturated heterocycles. The number of carbonyl (C=O) groups is 1. The van der Waals surface area contributed by atoms with Gasteiger partial charge in [0.15, 0.2) is 4.99 Å². The Morgan fingerprint density at radius 1 is 1.40 bits per heavy atom. The van der Waals surface area contributed by atoms with Crippen LogP contribution in [0, 0.1) is 6.92 Å². The van der Waals surface area contributed by atoms with E-state index in [9.17, 15) is 4.79 Å². The number of nitrogens with zero attached hydrogens (tertiary/aromatic N) is 1. The monoisotopic (exact) mass is 376 g/mol. The van der Waals surface area contributed by atoms with Crippen LogP contribution in [0.15, 0.2) is 47.6 Å². The molecule has 0 aliphatic carbocycles. The Morgan fingerprint density at radius 2 is 2.20 bits per heavy atom. The fourth-order valence-corrected chi connectivity index (χ4v) is 4.24. The number of carbonyl (C=O) groups excluding carboxylic acids is 1. The molecule has 1 aliphatic heterocycles. The second-order valence-electron chi connectivity index (χ2n) is 5.45. The third-order valence-corrected chi connectivity index (χ3v) is 5.34. The highest BCUT2D eigenvalue weighted by Crippen LogP contribution is 2.46. The maximum absolute atomic E-state index is 11.6. The van der Waals surface area contributed by atoms with Crippen LogP contribution in [0.1, 0.15) is 11.1 Å². The molecule has 1 aromatic heterocycles. The van der Waals surface area contributed by atoms with Gasteiger partial charge in [0, 0.05) is 22.9 Å². The van der Waals surface area contributed by atoms with Crippen LogP contribution in [0.2, 0.25) is 5.02 Å². The highest BCUT2D eigenvalue weighted by atomic mass is 35.5. The largest absolute Gasteiger partial charge is 0.481 e. The van der Waals surface area contributed by atoms with Crippen molar-refractivity contribution in [2.24, 2.45) is 5.73 Å². The van der Waals surface area contributed by atoms with Gasteiger partial charge in [-0.15, -0.1) is 0 Å². The fourth-order valence-electron chi connectivity index (χ4n) is 2.62. The molecule has 0 spiro atoms. The number of nitrogens with one attached hydrogen (secondary N) is 2. The van der Waals surface area contributed by atoms with Crippen molar-refractivity contribution in [1.82, 2.24) is 10.3 Å². The summed E-state index contributed by atoms with van der Waals surface area (Å²) in [4.78, 5) is 15.4. The summed E-state index contributed by atoms with van der Waals surface area (Å²) >= 11 is 7.75. The molecular weight excluding hydrogens is 360 g/mol. The van der Waals surface area contributed by atoms with E-state index in [1.54, 1.807) is 25.6 Å². The molecule has 3 rings (SSSR count). The van der Waals surface area contributed by atoms with Gasteiger partial charge < -0.3 is 21.1 Å². The van der Waals surface area contributed by atoms with E-state index in [0.29, 0.717) is 15.8 Å². The molecule has 1 amide bonds. The van der Waals surface area contributed by atoms with Crippen molar-refractivity contribution in [3.05, 3.63) is 63.8 Å². The molecule has 6 nitrogen and oxygen atoms in total. The zero-order valence-corrected chi connectivity index (χ0v) is 15.2. The Labute approximate surface area is 154 Å². The van der Waals surface area contributed by atoms with Crippen LogP contribution in [0.4, 0.5) is 5.69 Å². The minimum Gasteiger partial charge on any atom is -0.481 e. The van der Waals surface area contributed by atoms with Gasteiger partial charge in [0.25, 0.3) is 5.91 Å². The number of thioether (sulfide) groups is 1. The SMILES string of the molecule is COc1ccc(NC2(c3c(C)cccc3Cl)NC=C(C(N)=O)S2)cn1. The van der Waals surface area contributed by atoms with Crippen LogP contribution in [0.3, 0.4) is 0 Å². The highest BCUT2D eigenvalue weighted by molar-refractivity contribution is 8.05. The molecular formula is C17H17ClN4O2S. The molecule has 0 bridgehead atoms. The van der Waals surface area contributed by atoms with E-state index in [0.717, 1.165) is 16.8 Å². The Balaban J connectivity index is 2.03. The van der Waals surface area contributed by atoms with Gasteiger partial charge in [-0.3, -0.25) is 4.79 Å². The minimum absolute atomic E-state index is 0.410. The van der Waals surface area contributed by atoms with Gasteiger partial charge in [0.1, 0.15) is 0 Å². The number of amides is 1. The molecule has 8 heteroatoms. The van der Waals surface area contributed by atoms with E-state index in [2.05, 4.69) is 15.6 Å². The number of primary amides is 1. The second kappa shape index (κ2) is 6.85. The third kappa shape index (κ3) is 3.38. The average Bonchev–Trinajstić information content (AvgIpc) is 3.00. The van der Waals surface area contributed by atoms with Gasteiger partial charge in [-0.05, 0) is 24.6 Å². The Kier molecular flexibility index (Phi) is 4.78. The van der Waals surface area contributed by atoms with Gasteiger partial charge in [0.2, 0.25) is 5.88 Å². The van der Waals surface area contributed by atoms with Gasteiger partial charge >= 0.3 is 0 Å². The number of rotatable bonds is 5. The van der Waals surface area contributed by atoms with E-state index in [4.69, 9.17) is 22.1 Å². The molecule has 0 saturated carbocycles. The molecule has 0 fully saturated rings. The molecule has 4 N–H and O–H groups in total. The summed E-state index contributed by atoms with van der Waals surface area (Å²) in [6.07, 6.45) is 3.25. The number of benzene rings is 1. The number of ether oxygens (including phenoxy) is 1. The van der Waals surface area contributed by atoms with Crippen molar-refractivity contribution in [3.8, 4) is 5.88 Å². The van der Waals surface area contributed by atoms with Crippen LogP contribution in [-0.2, 0) is 9.79 Å². The number of anilines is 1. The Hall–Kier alpha value is -2.38. The molecule has 130 valence electrons. The van der Waals surface area contributed by atoms with E-state index in [1.807, 2.05) is 31.2 Å². The number of nitrogens with two attached hydrogens (primary N) is 1. The van der Waals surface area contributed by atoms with Crippen molar-refractivity contribution in [3.63, 3.8) is 0 Å². The first-order chi connectivity index (χ1) is 11.9. The van der Waals surface area contributed by atoms with Crippen LogP contribution in [0.5, 0.6) is 5.88 Å². The van der Waals surface area contributed by atoms with Gasteiger partial charge in [-0.25, -0.2) is 4.98 Å². The van der Waals surface area contributed by atoms with E-state index in [-0.39, 0.29) is 0 Å². The second-order valence-corrected chi connectivity index (χ2v) is 7.11. The molecule has 25 heavy (non-hydrogen) atoms. The van der Waals surface area contributed by atoms with E-state index < -0.39 is 10.9 Å². The van der Waals surface area contributed by atoms with E-state index >= 15 is 0 Å². The smallest absolute Gasteiger partial charge is 0.256 e. The maximum atomic E-state index is 11.6. The van der Waals surface area contributed by atoms with Crippen LogP contribution in [0.25, 0.3) is 0 Å². The summed E-state index contributed by atoms with van der Waals surface area (Å²) in [5, 5.41) is 7.18. The maximum Gasteiger partial charge on any atom is 0.256 e. The van der Waals surface area contributed by atoms with Crippen LogP contribution in [-0.4, -0.2) is 18.0 Å².